The van der Waals surface area contributed by atoms with Crippen molar-refractivity contribution < 1.29 is 19.4 Å². The highest BCUT2D eigenvalue weighted by Crippen LogP contribution is 2.21. The number of aliphatic hydroxyl groups is 1. The number of carbonyl (C=O) groups excluding carboxylic acids is 1. The number of amides is 1. The maximum atomic E-state index is 11.9. The van der Waals surface area contributed by atoms with Crippen LogP contribution in [0.25, 0.3) is 0 Å². The second kappa shape index (κ2) is 10.5. The molecular weight excluding hydrogens is 332 g/mol. The molecular formula is C20H32N2O4. The number of hydrogen-bond acceptors (Lipinski definition) is 5. The Morgan fingerprint density at radius 3 is 2.77 bits per heavy atom. The van der Waals surface area contributed by atoms with Crippen molar-refractivity contribution >= 4 is 5.91 Å². The molecule has 1 aromatic carbocycles. The van der Waals surface area contributed by atoms with Crippen LogP contribution in [-0.4, -0.2) is 61.1 Å². The third kappa shape index (κ3) is 7.32. The zero-order valence-corrected chi connectivity index (χ0v) is 16.1. The molecule has 0 aromatic heterocycles. The Morgan fingerprint density at radius 1 is 1.35 bits per heavy atom. The van der Waals surface area contributed by atoms with Gasteiger partial charge in [0, 0.05) is 18.9 Å². The maximum absolute atomic E-state index is 11.9. The summed E-state index contributed by atoms with van der Waals surface area (Å²) in [5.74, 6) is 0.866. The molecule has 0 aliphatic carbocycles. The van der Waals surface area contributed by atoms with Crippen LogP contribution in [0.5, 0.6) is 5.75 Å². The number of nitrogens with zero attached hydrogens (tertiary/aromatic N) is 1. The molecule has 1 aliphatic rings. The Balaban J connectivity index is 1.55. The highest BCUT2D eigenvalue weighted by Gasteiger charge is 2.28. The topological polar surface area (TPSA) is 71.0 Å². The van der Waals surface area contributed by atoms with Crippen molar-refractivity contribution in [1.82, 2.24) is 10.2 Å². The van der Waals surface area contributed by atoms with E-state index < -0.39 is 6.29 Å². The monoisotopic (exact) mass is 364 g/mol. The lowest BCUT2D eigenvalue weighted by atomic mass is 10.0. The summed E-state index contributed by atoms with van der Waals surface area (Å²) in [6.45, 7) is 5.82. The molecule has 6 heteroatoms. The minimum Gasteiger partial charge on any atom is -0.492 e. The van der Waals surface area contributed by atoms with Gasteiger partial charge in [0.05, 0.1) is 12.6 Å². The highest BCUT2D eigenvalue weighted by atomic mass is 16.6. The van der Waals surface area contributed by atoms with Crippen molar-refractivity contribution in [2.24, 2.45) is 0 Å². The molecule has 146 valence electrons. The van der Waals surface area contributed by atoms with Crippen LogP contribution in [-0.2, 0) is 9.53 Å². The number of rotatable bonds is 9. The van der Waals surface area contributed by atoms with Crippen molar-refractivity contribution in [2.75, 3.05) is 26.7 Å². The van der Waals surface area contributed by atoms with Gasteiger partial charge < -0.3 is 24.8 Å². The van der Waals surface area contributed by atoms with Crippen LogP contribution in [0.1, 0.15) is 38.2 Å². The van der Waals surface area contributed by atoms with E-state index in [1.807, 2.05) is 45.2 Å². The van der Waals surface area contributed by atoms with Crippen LogP contribution in [0.2, 0.25) is 0 Å². The van der Waals surface area contributed by atoms with Gasteiger partial charge in [-0.1, -0.05) is 17.7 Å². The molecule has 1 amide bonds. The quantitative estimate of drug-likeness (QED) is 0.657. The first-order valence-corrected chi connectivity index (χ1v) is 9.44. The van der Waals surface area contributed by atoms with Crippen molar-refractivity contribution in [3.63, 3.8) is 0 Å². The first-order chi connectivity index (χ1) is 12.4. The minimum atomic E-state index is -0.678. The normalized spacial score (nSPS) is 23.0. The second-order valence-electron chi connectivity index (χ2n) is 7.12. The first-order valence-electron chi connectivity index (χ1n) is 9.44. The van der Waals surface area contributed by atoms with Crippen LogP contribution in [0.4, 0.5) is 0 Å². The van der Waals surface area contributed by atoms with Gasteiger partial charge in [-0.25, -0.2) is 0 Å². The Bertz CT molecular complexity index is 539. The molecule has 1 aromatic rings. The molecule has 1 fully saturated rings. The lowest BCUT2D eigenvalue weighted by Gasteiger charge is -2.36. The zero-order valence-electron chi connectivity index (χ0n) is 16.1. The second-order valence-corrected chi connectivity index (χ2v) is 7.12. The fourth-order valence-corrected chi connectivity index (χ4v) is 3.21. The number of aryl methyl sites for hydroxylation is 1. The van der Waals surface area contributed by atoms with Crippen LogP contribution in [0.3, 0.4) is 0 Å². The Labute approximate surface area is 156 Å². The van der Waals surface area contributed by atoms with Gasteiger partial charge in [-0.3, -0.25) is 4.79 Å². The molecule has 2 rings (SSSR count). The molecule has 2 N–H and O–H groups in total. The fraction of sp³-hybridized carbons (Fsp3) is 0.650. The van der Waals surface area contributed by atoms with Gasteiger partial charge in [0.15, 0.2) is 6.29 Å². The molecule has 6 nitrogen and oxygen atoms in total. The molecule has 1 aliphatic heterocycles. The number of nitrogens with one attached hydrogen (secondary N) is 1. The maximum Gasteiger partial charge on any atom is 0.220 e. The summed E-state index contributed by atoms with van der Waals surface area (Å²) in [5, 5.41) is 12.6. The predicted molar refractivity (Wildman–Crippen MR) is 101 cm³/mol. The van der Waals surface area contributed by atoms with E-state index in [0.717, 1.165) is 25.1 Å². The minimum absolute atomic E-state index is 0.0475. The molecule has 0 radical (unpaired) electrons. The van der Waals surface area contributed by atoms with E-state index in [1.165, 1.54) is 5.56 Å². The molecule has 0 spiro atoms. The van der Waals surface area contributed by atoms with E-state index in [-0.39, 0.29) is 12.0 Å². The zero-order chi connectivity index (χ0) is 18.9. The van der Waals surface area contributed by atoms with Gasteiger partial charge in [0.25, 0.3) is 0 Å². The standard InChI is InChI=1S/C20H32N2O4/c1-15-6-8-18(9-7-15)25-12-10-21-19(23)5-4-11-22(3)17-13-16(2)26-20(24)14-17/h6-9,16-17,20,24H,4-5,10-14H2,1-3H3,(H,21,23). The number of hydrogen-bond donors (Lipinski definition) is 2. The number of ether oxygens (including phenoxy) is 2. The molecule has 26 heavy (non-hydrogen) atoms. The molecule has 1 heterocycles. The SMILES string of the molecule is Cc1ccc(OCCNC(=O)CCCN(C)C2CC(C)OC(O)C2)cc1. The summed E-state index contributed by atoms with van der Waals surface area (Å²) >= 11 is 0. The van der Waals surface area contributed by atoms with E-state index in [4.69, 9.17) is 9.47 Å². The highest BCUT2D eigenvalue weighted by molar-refractivity contribution is 5.75. The van der Waals surface area contributed by atoms with Crippen LogP contribution < -0.4 is 10.1 Å². The summed E-state index contributed by atoms with van der Waals surface area (Å²) in [6.07, 6.45) is 2.23. The van der Waals surface area contributed by atoms with Crippen LogP contribution in [0.15, 0.2) is 24.3 Å². The third-order valence-corrected chi connectivity index (χ3v) is 4.72. The molecule has 3 atom stereocenters. The van der Waals surface area contributed by atoms with Crippen molar-refractivity contribution in [2.45, 2.75) is 58.0 Å². The summed E-state index contributed by atoms with van der Waals surface area (Å²) in [5.41, 5.74) is 1.19. The van der Waals surface area contributed by atoms with Crippen LogP contribution in [0, 0.1) is 6.92 Å². The number of benzene rings is 1. The van der Waals surface area contributed by atoms with Gasteiger partial charge in [-0.05, 0) is 52.4 Å². The largest absolute Gasteiger partial charge is 0.492 e. The molecule has 3 unspecified atom stereocenters. The molecule has 1 saturated heterocycles. The smallest absolute Gasteiger partial charge is 0.220 e. The Kier molecular flexibility index (Phi) is 8.35. The van der Waals surface area contributed by atoms with E-state index in [0.29, 0.717) is 32.0 Å². The lowest BCUT2D eigenvalue weighted by molar-refractivity contribution is -0.173. The Hall–Kier alpha value is -1.63. The van der Waals surface area contributed by atoms with Gasteiger partial charge in [0.1, 0.15) is 12.4 Å². The molecule has 0 saturated carbocycles. The van der Waals surface area contributed by atoms with E-state index in [1.54, 1.807) is 0 Å². The average Bonchev–Trinajstić information content (AvgIpc) is 2.59. The molecule has 0 bridgehead atoms. The fourth-order valence-electron chi connectivity index (χ4n) is 3.21. The van der Waals surface area contributed by atoms with E-state index in [9.17, 15) is 9.90 Å². The third-order valence-electron chi connectivity index (χ3n) is 4.72. The first kappa shape index (κ1) is 20.7. The van der Waals surface area contributed by atoms with Crippen molar-refractivity contribution in [3.8, 4) is 5.75 Å². The van der Waals surface area contributed by atoms with E-state index in [2.05, 4.69) is 10.2 Å². The van der Waals surface area contributed by atoms with Gasteiger partial charge in [-0.15, -0.1) is 0 Å². The number of aliphatic hydroxyl groups excluding tert-OH is 1. The number of carbonyl (C=O) groups is 1. The summed E-state index contributed by atoms with van der Waals surface area (Å²) in [4.78, 5) is 14.1. The van der Waals surface area contributed by atoms with Gasteiger partial charge in [0.2, 0.25) is 5.91 Å². The van der Waals surface area contributed by atoms with Gasteiger partial charge in [-0.2, -0.15) is 0 Å². The average molecular weight is 364 g/mol. The van der Waals surface area contributed by atoms with Crippen molar-refractivity contribution in [1.29, 1.82) is 0 Å². The van der Waals surface area contributed by atoms with Gasteiger partial charge >= 0.3 is 0 Å². The summed E-state index contributed by atoms with van der Waals surface area (Å²) in [7, 11) is 2.04. The summed E-state index contributed by atoms with van der Waals surface area (Å²) < 4.78 is 10.9. The van der Waals surface area contributed by atoms with Crippen molar-refractivity contribution in [3.05, 3.63) is 29.8 Å². The van der Waals surface area contributed by atoms with E-state index >= 15 is 0 Å². The predicted octanol–water partition coefficient (Wildman–Crippen LogP) is 2.09. The lowest BCUT2D eigenvalue weighted by Crippen LogP contribution is -2.43. The van der Waals surface area contributed by atoms with Crippen LogP contribution >= 0.6 is 0 Å². The Morgan fingerprint density at radius 2 is 2.08 bits per heavy atom. The summed E-state index contributed by atoms with van der Waals surface area (Å²) in [6, 6.07) is 8.17.